The normalized spacial score (nSPS) is 35.1. The summed E-state index contributed by atoms with van der Waals surface area (Å²) in [5.41, 5.74) is 0.147. The Bertz CT molecular complexity index is 856. The second-order valence-corrected chi connectivity index (χ2v) is 7.93. The molecule has 1 spiro atoms. The van der Waals surface area contributed by atoms with Gasteiger partial charge in [-0.25, -0.2) is 4.79 Å². The zero-order valence-corrected chi connectivity index (χ0v) is 16.3. The topological polar surface area (TPSA) is 82.6 Å². The number of nitrogens with zero attached hydrogens (tertiary/aromatic N) is 1. The predicted molar refractivity (Wildman–Crippen MR) is 99.8 cm³/mol. The number of H-pyrrole nitrogens is 1. The van der Waals surface area contributed by atoms with Crippen LogP contribution in [0.3, 0.4) is 0 Å². The first-order chi connectivity index (χ1) is 12.9. The highest BCUT2D eigenvalue weighted by molar-refractivity contribution is 6.25. The molecule has 8 heteroatoms. The first-order valence-electron chi connectivity index (χ1n) is 9.57. The van der Waals surface area contributed by atoms with Crippen molar-refractivity contribution in [3.8, 4) is 0 Å². The molecule has 0 bridgehead atoms. The number of hydrogen-bond donors (Lipinski definition) is 1. The van der Waals surface area contributed by atoms with E-state index in [4.69, 9.17) is 25.8 Å². The minimum absolute atomic E-state index is 0.375. The Hall–Kier alpha value is -1.41. The minimum atomic E-state index is -0.790. The summed E-state index contributed by atoms with van der Waals surface area (Å²) >= 11 is 5.92. The van der Waals surface area contributed by atoms with Crippen LogP contribution in [-0.4, -0.2) is 33.1 Å². The maximum absolute atomic E-state index is 12.5. The Morgan fingerprint density at radius 3 is 2.67 bits per heavy atom. The zero-order valence-electron chi connectivity index (χ0n) is 15.6. The van der Waals surface area contributed by atoms with E-state index < -0.39 is 35.0 Å². The van der Waals surface area contributed by atoms with Crippen LogP contribution in [0.4, 0.5) is 0 Å². The summed E-state index contributed by atoms with van der Waals surface area (Å²) in [6.07, 6.45) is 7.31. The van der Waals surface area contributed by atoms with Gasteiger partial charge < -0.3 is 14.2 Å². The molecule has 4 rings (SSSR count). The lowest BCUT2D eigenvalue weighted by molar-refractivity contribution is -0.241. The number of aromatic nitrogens is 2. The van der Waals surface area contributed by atoms with Gasteiger partial charge in [0.15, 0.2) is 12.0 Å². The molecule has 2 saturated heterocycles. The highest BCUT2D eigenvalue weighted by Crippen LogP contribution is 2.53. The smallest absolute Gasteiger partial charge is 0.330 e. The predicted octanol–water partition coefficient (Wildman–Crippen LogP) is 2.72. The summed E-state index contributed by atoms with van der Waals surface area (Å²) in [4.78, 5) is 26.6. The number of aromatic amines is 1. The molecule has 1 unspecified atom stereocenters. The Morgan fingerprint density at radius 1 is 1.26 bits per heavy atom. The van der Waals surface area contributed by atoms with E-state index in [-0.39, 0.29) is 6.10 Å². The molecular formula is C19H25ClN2O5. The third kappa shape index (κ3) is 3.01. The van der Waals surface area contributed by atoms with Gasteiger partial charge in [0.1, 0.15) is 17.8 Å². The molecule has 2 aliphatic heterocycles. The molecule has 0 aromatic carbocycles. The van der Waals surface area contributed by atoms with Crippen molar-refractivity contribution in [2.45, 2.75) is 82.2 Å². The molecule has 1 aromatic rings. The van der Waals surface area contributed by atoms with E-state index in [0.29, 0.717) is 12.0 Å². The molecule has 3 fully saturated rings. The van der Waals surface area contributed by atoms with Crippen molar-refractivity contribution in [1.82, 2.24) is 9.55 Å². The fourth-order valence-electron chi connectivity index (χ4n) is 4.54. The Morgan fingerprint density at radius 2 is 2.00 bits per heavy atom. The van der Waals surface area contributed by atoms with Gasteiger partial charge in [0, 0.05) is 30.1 Å². The van der Waals surface area contributed by atoms with Gasteiger partial charge in [-0.2, -0.15) is 0 Å². The molecule has 1 aromatic heterocycles. The second kappa shape index (κ2) is 6.88. The van der Waals surface area contributed by atoms with Crippen LogP contribution in [-0.2, 0) is 14.2 Å². The van der Waals surface area contributed by atoms with Gasteiger partial charge in [-0.3, -0.25) is 14.3 Å². The fraction of sp³-hybridized carbons (Fsp3) is 0.684. The van der Waals surface area contributed by atoms with Gasteiger partial charge in [0.25, 0.3) is 5.56 Å². The summed E-state index contributed by atoms with van der Waals surface area (Å²) in [7, 11) is 0. The highest BCUT2D eigenvalue weighted by Gasteiger charge is 2.63. The molecule has 3 aliphatic rings. The maximum Gasteiger partial charge on any atom is 0.330 e. The quantitative estimate of drug-likeness (QED) is 0.849. The zero-order chi connectivity index (χ0) is 19.2. The molecule has 0 radical (unpaired) electrons. The Labute approximate surface area is 162 Å². The van der Waals surface area contributed by atoms with Gasteiger partial charge >= 0.3 is 5.69 Å². The van der Waals surface area contributed by atoms with Gasteiger partial charge in [-0.15, -0.1) is 0 Å². The SMILES string of the molecule is CC[C@@]1(/C=C\Cl)O[C@@H](n2cc(C)c(=O)[nH]c2=O)[C@H]2OC3(CCCCC3)OC21. The summed E-state index contributed by atoms with van der Waals surface area (Å²) in [5.74, 6) is -0.628. The number of aryl methyl sites for hydroxylation is 1. The van der Waals surface area contributed by atoms with Crippen molar-refractivity contribution >= 4 is 11.6 Å². The van der Waals surface area contributed by atoms with E-state index in [2.05, 4.69) is 4.98 Å². The molecule has 1 aliphatic carbocycles. The Kier molecular flexibility index (Phi) is 4.83. The lowest BCUT2D eigenvalue weighted by atomic mass is 9.92. The standard InChI is InChI=1S/C19H25ClN2O5/c1-3-18(9-10-20)14-13(25-19(26-14)7-5-4-6-8-19)16(27-18)22-11-12(2)15(23)21-17(22)24/h9-11,13-14,16H,3-8H2,1-2H3,(H,21,23,24)/b10-9-/t13-,14?,16+,18-/m0/s1. The summed E-state index contributed by atoms with van der Waals surface area (Å²) in [5, 5.41) is 0. The van der Waals surface area contributed by atoms with Crippen molar-refractivity contribution < 1.29 is 14.2 Å². The van der Waals surface area contributed by atoms with E-state index in [1.165, 1.54) is 22.7 Å². The van der Waals surface area contributed by atoms with Gasteiger partial charge in [-0.05, 0) is 32.3 Å². The minimum Gasteiger partial charge on any atom is -0.342 e. The average molecular weight is 397 g/mol. The van der Waals surface area contributed by atoms with Crippen LogP contribution in [0.15, 0.2) is 27.4 Å². The maximum atomic E-state index is 12.5. The number of ether oxygens (including phenoxy) is 3. The monoisotopic (exact) mass is 396 g/mol. The van der Waals surface area contributed by atoms with E-state index in [9.17, 15) is 9.59 Å². The second-order valence-electron chi connectivity index (χ2n) is 7.68. The summed E-state index contributed by atoms with van der Waals surface area (Å²) < 4.78 is 20.6. The van der Waals surface area contributed by atoms with Crippen molar-refractivity contribution in [2.24, 2.45) is 0 Å². The third-order valence-electron chi connectivity index (χ3n) is 6.03. The van der Waals surface area contributed by atoms with Crippen LogP contribution in [0.1, 0.15) is 57.2 Å². The van der Waals surface area contributed by atoms with Crippen LogP contribution in [0.25, 0.3) is 0 Å². The third-order valence-corrected chi connectivity index (χ3v) is 6.15. The van der Waals surface area contributed by atoms with E-state index >= 15 is 0 Å². The summed E-state index contributed by atoms with van der Waals surface area (Å²) in [6.45, 7) is 3.65. The van der Waals surface area contributed by atoms with E-state index in [0.717, 1.165) is 25.7 Å². The van der Waals surface area contributed by atoms with Gasteiger partial charge in [0.05, 0.1) is 0 Å². The van der Waals surface area contributed by atoms with Gasteiger partial charge in [0.2, 0.25) is 0 Å². The fourth-order valence-corrected chi connectivity index (χ4v) is 4.75. The van der Waals surface area contributed by atoms with Crippen LogP contribution in [0, 0.1) is 6.92 Å². The van der Waals surface area contributed by atoms with Crippen molar-refractivity contribution in [3.05, 3.63) is 44.2 Å². The molecule has 7 nitrogen and oxygen atoms in total. The molecule has 27 heavy (non-hydrogen) atoms. The number of hydrogen-bond acceptors (Lipinski definition) is 5. The van der Waals surface area contributed by atoms with Crippen LogP contribution in [0.5, 0.6) is 0 Å². The molecular weight excluding hydrogens is 372 g/mol. The highest BCUT2D eigenvalue weighted by atomic mass is 35.5. The molecule has 3 heterocycles. The molecule has 1 saturated carbocycles. The summed E-state index contributed by atoms with van der Waals surface area (Å²) in [6, 6.07) is 0. The number of halogens is 1. The number of rotatable bonds is 3. The molecule has 1 N–H and O–H groups in total. The molecule has 0 amide bonds. The lowest BCUT2D eigenvalue weighted by Crippen LogP contribution is -2.43. The van der Waals surface area contributed by atoms with Crippen molar-refractivity contribution in [2.75, 3.05) is 0 Å². The van der Waals surface area contributed by atoms with Gasteiger partial charge in [-0.1, -0.05) is 24.9 Å². The molecule has 148 valence electrons. The Balaban J connectivity index is 1.78. The van der Waals surface area contributed by atoms with E-state index in [1.807, 2.05) is 6.92 Å². The largest absolute Gasteiger partial charge is 0.342 e. The number of fused-ring (bicyclic) bond motifs is 1. The van der Waals surface area contributed by atoms with E-state index in [1.54, 1.807) is 13.0 Å². The first-order valence-corrected chi connectivity index (χ1v) is 10.0. The number of nitrogens with one attached hydrogen (secondary N) is 1. The van der Waals surface area contributed by atoms with Crippen molar-refractivity contribution in [3.63, 3.8) is 0 Å². The lowest BCUT2D eigenvalue weighted by Gasteiger charge is -2.36. The average Bonchev–Trinajstić information content (AvgIpc) is 3.14. The first kappa shape index (κ1) is 18.9. The van der Waals surface area contributed by atoms with Crippen LogP contribution in [0.2, 0.25) is 0 Å². The van der Waals surface area contributed by atoms with Crippen LogP contribution < -0.4 is 11.2 Å². The molecule has 4 atom stereocenters. The van der Waals surface area contributed by atoms with Crippen LogP contribution >= 0.6 is 11.6 Å². The van der Waals surface area contributed by atoms with Crippen molar-refractivity contribution in [1.29, 1.82) is 0 Å².